The molecule has 0 heterocycles. The molecule has 0 radical (unpaired) electrons. The summed E-state index contributed by atoms with van der Waals surface area (Å²) in [6, 6.07) is 0.560. The second kappa shape index (κ2) is 15.5. The van der Waals surface area contributed by atoms with E-state index in [0.29, 0.717) is 53.4 Å². The fraction of sp³-hybridized carbons (Fsp3) is 0.971. The van der Waals surface area contributed by atoms with E-state index in [1.54, 1.807) is 6.92 Å². The molecule has 0 aromatic heterocycles. The highest BCUT2D eigenvalue weighted by Gasteiger charge is 2.62. The van der Waals surface area contributed by atoms with Crippen molar-refractivity contribution in [3.63, 3.8) is 0 Å². The van der Waals surface area contributed by atoms with Crippen LogP contribution in [0.15, 0.2) is 0 Å². The molecule has 256 valence electrons. The van der Waals surface area contributed by atoms with Gasteiger partial charge in [0, 0.05) is 18.4 Å². The van der Waals surface area contributed by atoms with Gasteiger partial charge in [0.2, 0.25) is 0 Å². The number of Topliss-reactive ketones (excluding diaryl/α,β-unsaturated/α-hetero) is 1. The molecule has 0 bridgehead atoms. The number of rotatable bonds is 17. The Morgan fingerprint density at radius 2 is 1.68 bits per heavy atom. The van der Waals surface area contributed by atoms with Crippen molar-refractivity contribution < 1.29 is 27.1 Å². The van der Waals surface area contributed by atoms with E-state index in [1.807, 2.05) is 0 Å². The van der Waals surface area contributed by atoms with Gasteiger partial charge >= 0.3 is 10.4 Å². The van der Waals surface area contributed by atoms with Gasteiger partial charge < -0.3 is 21.5 Å². The average molecular weight is 642 g/mol. The summed E-state index contributed by atoms with van der Waals surface area (Å²) in [5.74, 6) is 2.39. The van der Waals surface area contributed by atoms with Crippen LogP contribution in [0.1, 0.15) is 111 Å². The zero-order valence-electron chi connectivity index (χ0n) is 27.9. The Kier molecular flexibility index (Phi) is 12.8. The molecule has 6 unspecified atom stereocenters. The Bertz CT molecular complexity index is 1040. The molecule has 10 heteroatoms. The van der Waals surface area contributed by atoms with Crippen LogP contribution >= 0.6 is 0 Å². The number of hydrogen-bond donors (Lipinski definition) is 5. The molecule has 0 spiro atoms. The van der Waals surface area contributed by atoms with Crippen LogP contribution in [0.3, 0.4) is 0 Å². The first kappa shape index (κ1) is 36.2. The summed E-state index contributed by atoms with van der Waals surface area (Å²) in [6.45, 7) is 12.6. The second-order valence-electron chi connectivity index (χ2n) is 15.6. The highest BCUT2D eigenvalue weighted by atomic mass is 32.3. The van der Waals surface area contributed by atoms with Gasteiger partial charge in [-0.3, -0.25) is 9.35 Å². The van der Waals surface area contributed by atoms with Gasteiger partial charge in [0.1, 0.15) is 5.78 Å². The van der Waals surface area contributed by atoms with Crippen molar-refractivity contribution >= 4 is 16.2 Å². The Balaban J connectivity index is 1.28. The fourth-order valence-corrected chi connectivity index (χ4v) is 10.9. The zero-order chi connectivity index (χ0) is 32.1. The van der Waals surface area contributed by atoms with Gasteiger partial charge in [0.05, 0.1) is 12.7 Å². The second-order valence-corrected chi connectivity index (χ2v) is 16.7. The minimum atomic E-state index is -4.54. The standard InChI is InChI=1S/C34H63N3O6S/c1-23(8-11-30(38)24(2)22-43-44(40,41)42)27-9-10-28-32-29(13-15-34(27,28)4)33(3)14-12-26(20-25(33)21-31(32)39)37-19-7-18-36-17-6-5-16-35/h23-29,31-32,36-37,39H,5-22,35H2,1-4H3,(H,40,41,42)/t23?,24?,25-,26+,27-,28?,29?,31?,32?,33+,34-/m1/s1. The van der Waals surface area contributed by atoms with E-state index in [2.05, 4.69) is 35.6 Å². The number of carbonyl (C=O) groups is 1. The number of aliphatic hydroxyl groups excluding tert-OH is 1. The van der Waals surface area contributed by atoms with E-state index >= 15 is 0 Å². The number of unbranched alkanes of at least 4 members (excludes halogenated alkanes) is 1. The van der Waals surface area contributed by atoms with Gasteiger partial charge in [0.15, 0.2) is 0 Å². The molecule has 4 aliphatic carbocycles. The molecule has 4 rings (SSSR count). The van der Waals surface area contributed by atoms with Gasteiger partial charge in [-0.1, -0.05) is 27.7 Å². The largest absolute Gasteiger partial charge is 0.397 e. The van der Waals surface area contributed by atoms with Crippen molar-refractivity contribution in [2.24, 2.45) is 58.0 Å². The van der Waals surface area contributed by atoms with Crippen LogP contribution in [-0.2, 0) is 19.4 Å². The minimum Gasteiger partial charge on any atom is -0.393 e. The summed E-state index contributed by atoms with van der Waals surface area (Å²) in [5.41, 5.74) is 6.07. The molecule has 9 nitrogen and oxygen atoms in total. The van der Waals surface area contributed by atoms with Crippen LogP contribution < -0.4 is 16.4 Å². The molecule has 44 heavy (non-hydrogen) atoms. The summed E-state index contributed by atoms with van der Waals surface area (Å²) in [7, 11) is -4.54. The van der Waals surface area contributed by atoms with Crippen LogP contribution in [0.5, 0.6) is 0 Å². The number of aliphatic hydroxyl groups is 1. The van der Waals surface area contributed by atoms with Crippen molar-refractivity contribution in [2.75, 3.05) is 32.8 Å². The van der Waals surface area contributed by atoms with Gasteiger partial charge in [-0.25, -0.2) is 4.18 Å². The van der Waals surface area contributed by atoms with E-state index in [0.717, 1.165) is 64.7 Å². The molecular formula is C34H63N3O6S. The predicted molar refractivity (Wildman–Crippen MR) is 174 cm³/mol. The molecule has 4 saturated carbocycles. The Hall–Kier alpha value is -0.620. The molecule has 0 aromatic rings. The van der Waals surface area contributed by atoms with Gasteiger partial charge in [0.25, 0.3) is 0 Å². The van der Waals surface area contributed by atoms with Crippen molar-refractivity contribution in [1.29, 1.82) is 0 Å². The number of carbonyl (C=O) groups excluding carboxylic acids is 1. The monoisotopic (exact) mass is 641 g/mol. The molecular weight excluding hydrogens is 578 g/mol. The predicted octanol–water partition coefficient (Wildman–Crippen LogP) is 4.73. The molecule has 11 atom stereocenters. The normalized spacial score (nSPS) is 38.4. The zero-order valence-corrected chi connectivity index (χ0v) is 28.8. The van der Waals surface area contributed by atoms with Crippen molar-refractivity contribution in [3.05, 3.63) is 0 Å². The fourth-order valence-electron chi connectivity index (χ4n) is 10.5. The SMILES string of the molecule is CC(COS(=O)(=O)O)C(=O)CCC(C)[C@H]1CCC2C3C(O)C[C@H]4C[C@@H](NCCCNCCCCN)CC[C@]4(C)C3CC[C@@]21C. The minimum absolute atomic E-state index is 0.0225. The summed E-state index contributed by atoms with van der Waals surface area (Å²) in [6.07, 6.45) is 13.7. The Labute approximate surface area is 267 Å². The topological polar surface area (TPSA) is 151 Å². The summed E-state index contributed by atoms with van der Waals surface area (Å²) < 4.78 is 35.0. The lowest BCUT2D eigenvalue weighted by molar-refractivity contribution is -0.167. The summed E-state index contributed by atoms with van der Waals surface area (Å²) in [4.78, 5) is 12.7. The van der Waals surface area contributed by atoms with Gasteiger partial charge in [-0.2, -0.15) is 8.42 Å². The Morgan fingerprint density at radius 3 is 2.41 bits per heavy atom. The maximum atomic E-state index is 12.7. The van der Waals surface area contributed by atoms with Crippen LogP contribution in [-0.4, -0.2) is 68.8 Å². The molecule has 4 aliphatic rings. The lowest BCUT2D eigenvalue weighted by Gasteiger charge is -2.62. The Morgan fingerprint density at radius 1 is 0.977 bits per heavy atom. The third-order valence-electron chi connectivity index (χ3n) is 13.1. The van der Waals surface area contributed by atoms with E-state index < -0.39 is 16.3 Å². The van der Waals surface area contributed by atoms with Crippen molar-refractivity contribution in [3.8, 4) is 0 Å². The van der Waals surface area contributed by atoms with Crippen LogP contribution in [0.25, 0.3) is 0 Å². The summed E-state index contributed by atoms with van der Waals surface area (Å²) >= 11 is 0. The van der Waals surface area contributed by atoms with Crippen molar-refractivity contribution in [2.45, 2.75) is 123 Å². The number of hydrogen-bond acceptors (Lipinski definition) is 8. The average Bonchev–Trinajstić information content (AvgIpc) is 3.33. The van der Waals surface area contributed by atoms with Gasteiger partial charge in [-0.15, -0.1) is 0 Å². The number of nitrogens with two attached hydrogens (primary N) is 1. The van der Waals surface area contributed by atoms with E-state index in [1.165, 1.54) is 38.5 Å². The molecule has 0 amide bonds. The van der Waals surface area contributed by atoms with Gasteiger partial charge in [-0.05, 0) is 150 Å². The summed E-state index contributed by atoms with van der Waals surface area (Å²) in [5, 5.41) is 19.1. The molecule has 4 fully saturated rings. The smallest absolute Gasteiger partial charge is 0.393 e. The maximum absolute atomic E-state index is 12.7. The molecule has 0 aliphatic heterocycles. The lowest BCUT2D eigenvalue weighted by atomic mass is 9.43. The number of fused-ring (bicyclic) bond motifs is 5. The van der Waals surface area contributed by atoms with Crippen LogP contribution in [0, 0.1) is 52.3 Å². The van der Waals surface area contributed by atoms with Crippen LogP contribution in [0.4, 0.5) is 0 Å². The first-order chi connectivity index (χ1) is 20.8. The van der Waals surface area contributed by atoms with E-state index in [4.69, 9.17) is 10.3 Å². The molecule has 0 saturated heterocycles. The lowest BCUT2D eigenvalue weighted by Crippen LogP contribution is -2.59. The molecule has 6 N–H and O–H groups in total. The third-order valence-corrected chi connectivity index (χ3v) is 13.5. The quantitative estimate of drug-likeness (QED) is 0.112. The number of ketones is 1. The van der Waals surface area contributed by atoms with Crippen LogP contribution in [0.2, 0.25) is 0 Å². The maximum Gasteiger partial charge on any atom is 0.397 e. The molecule has 0 aromatic carbocycles. The number of nitrogens with one attached hydrogen (secondary N) is 2. The first-order valence-corrected chi connectivity index (χ1v) is 19.1. The van der Waals surface area contributed by atoms with E-state index in [9.17, 15) is 18.3 Å². The highest BCUT2D eigenvalue weighted by Crippen LogP contribution is 2.68. The first-order valence-electron chi connectivity index (χ1n) is 17.8. The third kappa shape index (κ3) is 8.45. The van der Waals surface area contributed by atoms with E-state index in [-0.39, 0.29) is 23.9 Å². The highest BCUT2D eigenvalue weighted by molar-refractivity contribution is 7.80. The van der Waals surface area contributed by atoms with Crippen molar-refractivity contribution in [1.82, 2.24) is 10.6 Å².